The Morgan fingerprint density at radius 3 is 2.59 bits per heavy atom. The van der Waals surface area contributed by atoms with Gasteiger partial charge in [-0.2, -0.15) is 0 Å². The number of aliphatic hydroxyl groups is 1. The molecule has 162 valence electrons. The number of rotatable bonds is 7. The first-order valence-corrected chi connectivity index (χ1v) is 10.5. The minimum absolute atomic E-state index is 0.0419. The molecule has 1 aliphatic heterocycles. The second-order valence-electron chi connectivity index (χ2n) is 8.02. The molecule has 2 fully saturated rings. The highest BCUT2D eigenvalue weighted by Gasteiger charge is 2.32. The normalized spacial score (nSPS) is 25.0. The van der Waals surface area contributed by atoms with Crippen LogP contribution >= 0.6 is 0 Å². The van der Waals surface area contributed by atoms with Gasteiger partial charge in [0.05, 0.1) is 18.8 Å². The highest BCUT2D eigenvalue weighted by Crippen LogP contribution is 2.25. The molecule has 0 radical (unpaired) electrons. The van der Waals surface area contributed by atoms with Gasteiger partial charge in [-0.3, -0.25) is 4.79 Å². The molecule has 1 aliphatic carbocycles. The van der Waals surface area contributed by atoms with E-state index < -0.39 is 6.10 Å². The number of aromatic nitrogens is 1. The zero-order chi connectivity index (χ0) is 20.8. The van der Waals surface area contributed by atoms with E-state index >= 15 is 0 Å². The third kappa shape index (κ3) is 5.70. The van der Waals surface area contributed by atoms with Gasteiger partial charge in [-0.25, -0.2) is 4.79 Å². The van der Waals surface area contributed by atoms with E-state index in [4.69, 9.17) is 9.26 Å². The number of nitrogens with one attached hydrogen (secondary N) is 3. The second-order valence-corrected chi connectivity index (χ2v) is 8.02. The predicted molar refractivity (Wildman–Crippen MR) is 106 cm³/mol. The number of carbonyl (C=O) groups excluding carboxylic acids is 2. The summed E-state index contributed by atoms with van der Waals surface area (Å²) in [5.41, 5.74) is 1.16. The summed E-state index contributed by atoms with van der Waals surface area (Å²) in [6, 6.07) is -0.668. The van der Waals surface area contributed by atoms with Gasteiger partial charge < -0.3 is 30.3 Å². The summed E-state index contributed by atoms with van der Waals surface area (Å²) in [6.45, 7) is 3.87. The van der Waals surface area contributed by atoms with Crippen molar-refractivity contribution in [1.82, 2.24) is 15.8 Å². The number of aryl methyl sites for hydroxylation is 2. The summed E-state index contributed by atoms with van der Waals surface area (Å²) in [6.07, 6.45) is 5.89. The van der Waals surface area contributed by atoms with Gasteiger partial charge in [0.1, 0.15) is 17.5 Å². The summed E-state index contributed by atoms with van der Waals surface area (Å²) in [7, 11) is 0. The zero-order valence-electron chi connectivity index (χ0n) is 17.2. The molecule has 3 atom stereocenters. The van der Waals surface area contributed by atoms with Gasteiger partial charge in [0.25, 0.3) is 0 Å². The molecule has 2 heterocycles. The van der Waals surface area contributed by atoms with Gasteiger partial charge in [-0.1, -0.05) is 18.0 Å². The molecule has 2 aliphatic rings. The van der Waals surface area contributed by atoms with Crippen LogP contribution < -0.4 is 16.0 Å². The number of urea groups is 1. The van der Waals surface area contributed by atoms with Crippen LogP contribution in [0.4, 0.5) is 10.5 Å². The molecule has 29 heavy (non-hydrogen) atoms. The molecule has 1 aromatic heterocycles. The number of ether oxygens (including phenoxy) is 1. The van der Waals surface area contributed by atoms with Crippen LogP contribution in [0.25, 0.3) is 0 Å². The Bertz CT molecular complexity index is 682. The number of hydrogen-bond donors (Lipinski definition) is 4. The highest BCUT2D eigenvalue weighted by atomic mass is 16.5. The van der Waals surface area contributed by atoms with E-state index in [0.717, 1.165) is 32.1 Å². The number of anilines is 1. The molecule has 9 nitrogen and oxygen atoms in total. The molecule has 0 bridgehead atoms. The Hall–Kier alpha value is -2.13. The summed E-state index contributed by atoms with van der Waals surface area (Å²) in [5, 5.41) is 22.1. The lowest BCUT2D eigenvalue weighted by molar-refractivity contribution is -0.125. The number of nitrogens with zero attached hydrogens (tertiary/aromatic N) is 1. The largest absolute Gasteiger partial charge is 0.394 e. The van der Waals surface area contributed by atoms with Crippen LogP contribution in [0.5, 0.6) is 0 Å². The third-order valence-corrected chi connectivity index (χ3v) is 5.88. The number of aliphatic hydroxyl groups excluding tert-OH is 1. The van der Waals surface area contributed by atoms with Crippen LogP contribution in [0, 0.1) is 19.8 Å². The Labute approximate surface area is 170 Å². The molecular weight excluding hydrogens is 376 g/mol. The zero-order valence-corrected chi connectivity index (χ0v) is 17.2. The lowest BCUT2D eigenvalue weighted by atomic mass is 9.97. The summed E-state index contributed by atoms with van der Waals surface area (Å²) in [4.78, 5) is 24.4. The Kier molecular flexibility index (Phi) is 7.49. The van der Waals surface area contributed by atoms with Gasteiger partial charge in [0.2, 0.25) is 5.91 Å². The number of amides is 3. The summed E-state index contributed by atoms with van der Waals surface area (Å²) >= 11 is 0. The fourth-order valence-electron chi connectivity index (χ4n) is 4.18. The molecule has 3 rings (SSSR count). The molecule has 4 N–H and O–H groups in total. The van der Waals surface area contributed by atoms with Crippen molar-refractivity contribution in [2.24, 2.45) is 5.92 Å². The van der Waals surface area contributed by atoms with E-state index in [2.05, 4.69) is 21.1 Å². The third-order valence-electron chi connectivity index (χ3n) is 5.88. The van der Waals surface area contributed by atoms with Crippen LogP contribution in [0.2, 0.25) is 0 Å². The smallest absolute Gasteiger partial charge is 0.319 e. The summed E-state index contributed by atoms with van der Waals surface area (Å²) in [5.74, 6) is 0.848. The van der Waals surface area contributed by atoms with Gasteiger partial charge in [0, 0.05) is 12.5 Å². The van der Waals surface area contributed by atoms with Crippen molar-refractivity contribution in [3.63, 3.8) is 0 Å². The van der Waals surface area contributed by atoms with Gasteiger partial charge >= 0.3 is 6.03 Å². The molecule has 1 aromatic rings. The maximum absolute atomic E-state index is 12.3. The topological polar surface area (TPSA) is 126 Å². The van der Waals surface area contributed by atoms with Gasteiger partial charge in [0.15, 0.2) is 5.76 Å². The molecule has 0 spiro atoms. The molecule has 1 saturated heterocycles. The van der Waals surface area contributed by atoms with Crippen molar-refractivity contribution in [2.45, 2.75) is 77.0 Å². The maximum atomic E-state index is 12.3. The first-order chi connectivity index (χ1) is 14.0. The second kappa shape index (κ2) is 10.1. The molecule has 3 amide bonds. The van der Waals surface area contributed by atoms with Crippen molar-refractivity contribution >= 4 is 17.6 Å². The fourth-order valence-corrected chi connectivity index (χ4v) is 4.18. The van der Waals surface area contributed by atoms with E-state index in [1.165, 1.54) is 0 Å². The fraction of sp³-hybridized carbons (Fsp3) is 0.750. The first kappa shape index (κ1) is 21.6. The minimum Gasteiger partial charge on any atom is -0.394 e. The lowest BCUT2D eigenvalue weighted by Gasteiger charge is -2.36. The predicted octanol–water partition coefficient (Wildman–Crippen LogP) is 2.02. The molecule has 9 heteroatoms. The monoisotopic (exact) mass is 408 g/mol. The van der Waals surface area contributed by atoms with Gasteiger partial charge in [-0.15, -0.1) is 0 Å². The summed E-state index contributed by atoms with van der Waals surface area (Å²) < 4.78 is 11.0. The maximum Gasteiger partial charge on any atom is 0.319 e. The van der Waals surface area contributed by atoms with Crippen LogP contribution in [0.3, 0.4) is 0 Å². The van der Waals surface area contributed by atoms with E-state index in [9.17, 15) is 14.7 Å². The Balaban J connectivity index is 1.41. The van der Waals surface area contributed by atoms with Crippen LogP contribution in [-0.4, -0.2) is 53.6 Å². The van der Waals surface area contributed by atoms with Crippen LogP contribution in [0.15, 0.2) is 4.52 Å². The first-order valence-electron chi connectivity index (χ1n) is 10.5. The van der Waals surface area contributed by atoms with Crippen LogP contribution in [-0.2, 0) is 9.53 Å². The van der Waals surface area contributed by atoms with Crippen molar-refractivity contribution in [3.8, 4) is 0 Å². The van der Waals surface area contributed by atoms with Crippen molar-refractivity contribution in [1.29, 1.82) is 0 Å². The minimum atomic E-state index is -0.477. The van der Waals surface area contributed by atoms with E-state index in [1.807, 2.05) is 0 Å². The number of carbonyl (C=O) groups is 2. The van der Waals surface area contributed by atoms with E-state index in [1.54, 1.807) is 13.8 Å². The quantitative estimate of drug-likeness (QED) is 0.547. The van der Waals surface area contributed by atoms with Crippen molar-refractivity contribution in [2.75, 3.05) is 18.5 Å². The SMILES string of the molecule is Cc1noc(C)c1NC(=O)N[C@H]1CC[C@@H](CCNC(=O)C2CCCC2)O[C@@H]1CO. The molecule has 1 saturated carbocycles. The standard InChI is InChI=1S/C20H32N4O5/c1-12-18(13(2)29-24-12)23-20(27)22-16-8-7-15(28-17(16)11-25)9-10-21-19(26)14-5-3-4-6-14/h14-17,25H,3-11H2,1-2H3,(H,21,26)(H2,22,23,27)/t15-,16-,17+/m0/s1. The number of hydrogen-bond acceptors (Lipinski definition) is 6. The highest BCUT2D eigenvalue weighted by molar-refractivity contribution is 5.90. The Morgan fingerprint density at radius 1 is 1.17 bits per heavy atom. The molecular formula is C20H32N4O5. The van der Waals surface area contributed by atoms with Crippen LogP contribution in [0.1, 0.15) is 56.4 Å². The van der Waals surface area contributed by atoms with Crippen molar-refractivity contribution in [3.05, 3.63) is 11.5 Å². The lowest BCUT2D eigenvalue weighted by Crippen LogP contribution is -2.52. The molecule has 0 unspecified atom stereocenters. The van der Waals surface area contributed by atoms with E-state index in [0.29, 0.717) is 36.5 Å². The molecule has 0 aromatic carbocycles. The average Bonchev–Trinajstić information content (AvgIpc) is 3.35. The van der Waals surface area contributed by atoms with E-state index in [-0.39, 0.29) is 36.6 Å². The average molecular weight is 408 g/mol. The Morgan fingerprint density at radius 2 is 1.93 bits per heavy atom. The van der Waals surface area contributed by atoms with Gasteiger partial charge in [-0.05, 0) is 46.0 Å². The van der Waals surface area contributed by atoms with Crippen molar-refractivity contribution < 1.29 is 24.0 Å².